The number of anilines is 2. The number of aliphatic hydroxyl groups is 1. The second-order valence-corrected chi connectivity index (χ2v) is 5.48. The van der Waals surface area contributed by atoms with Gasteiger partial charge in [0.15, 0.2) is 0 Å². The van der Waals surface area contributed by atoms with Crippen LogP contribution in [0.25, 0.3) is 0 Å². The number of piperidine rings is 1. The molecule has 0 aromatic heterocycles. The van der Waals surface area contributed by atoms with E-state index in [1.54, 1.807) is 24.3 Å². The van der Waals surface area contributed by atoms with Crippen LogP contribution in [0.4, 0.5) is 11.4 Å². The van der Waals surface area contributed by atoms with Crippen LogP contribution in [0.15, 0.2) is 24.3 Å². The molecule has 1 aromatic carbocycles. The first-order valence-corrected chi connectivity index (χ1v) is 6.55. The van der Waals surface area contributed by atoms with E-state index in [2.05, 4.69) is 5.32 Å². The maximum atomic E-state index is 11.9. The Hall–Kier alpha value is -1.59. The number of nitrogens with zero attached hydrogens (tertiary/aromatic N) is 1. The lowest BCUT2D eigenvalue weighted by atomic mass is 9.95. The lowest BCUT2D eigenvalue weighted by Gasteiger charge is -2.36. The van der Waals surface area contributed by atoms with Crippen molar-refractivity contribution in [3.8, 4) is 0 Å². The molecule has 1 aromatic rings. The Kier molecular flexibility index (Phi) is 4.07. The summed E-state index contributed by atoms with van der Waals surface area (Å²) in [7, 11) is 0. The Morgan fingerprint density at radius 2 is 2.16 bits per heavy atom. The fourth-order valence-corrected chi connectivity index (χ4v) is 2.43. The number of carbonyl (C=O) groups is 1. The third-order valence-electron chi connectivity index (χ3n) is 3.32. The molecule has 0 saturated carbocycles. The quantitative estimate of drug-likeness (QED) is 0.712. The molecule has 5 heteroatoms. The van der Waals surface area contributed by atoms with E-state index in [9.17, 15) is 9.90 Å². The monoisotopic (exact) mass is 263 g/mol. The van der Waals surface area contributed by atoms with E-state index in [-0.39, 0.29) is 5.91 Å². The highest BCUT2D eigenvalue weighted by Crippen LogP contribution is 2.20. The number of rotatable bonds is 3. The second-order valence-electron chi connectivity index (χ2n) is 5.48. The Labute approximate surface area is 113 Å². The summed E-state index contributed by atoms with van der Waals surface area (Å²) in [5, 5.41) is 12.8. The molecule has 2 rings (SSSR count). The van der Waals surface area contributed by atoms with Gasteiger partial charge in [-0.1, -0.05) is 0 Å². The molecule has 104 valence electrons. The number of β-amino-alcohol motifs (C(OH)–C–C–N with tert-alkyl or cyclic N) is 1. The van der Waals surface area contributed by atoms with E-state index in [1.807, 2.05) is 11.8 Å². The Morgan fingerprint density at radius 3 is 2.79 bits per heavy atom. The van der Waals surface area contributed by atoms with Crippen LogP contribution in [0.5, 0.6) is 0 Å². The highest BCUT2D eigenvalue weighted by Gasteiger charge is 2.29. The second kappa shape index (κ2) is 5.59. The number of hydrogen-bond acceptors (Lipinski definition) is 4. The zero-order chi connectivity index (χ0) is 13.9. The molecule has 1 heterocycles. The van der Waals surface area contributed by atoms with E-state index in [0.717, 1.165) is 25.1 Å². The van der Waals surface area contributed by atoms with Crippen molar-refractivity contribution < 1.29 is 9.90 Å². The van der Waals surface area contributed by atoms with Crippen LogP contribution in [0, 0.1) is 0 Å². The van der Waals surface area contributed by atoms with E-state index in [1.165, 1.54) is 0 Å². The lowest BCUT2D eigenvalue weighted by molar-refractivity contribution is -0.118. The van der Waals surface area contributed by atoms with Crippen molar-refractivity contribution in [2.45, 2.75) is 25.4 Å². The van der Waals surface area contributed by atoms with Crippen molar-refractivity contribution in [2.75, 3.05) is 30.7 Å². The molecular formula is C14H21N3O2. The van der Waals surface area contributed by atoms with Crippen LogP contribution in [-0.2, 0) is 4.79 Å². The fraction of sp³-hybridized carbons (Fsp3) is 0.500. The van der Waals surface area contributed by atoms with E-state index >= 15 is 0 Å². The van der Waals surface area contributed by atoms with Gasteiger partial charge in [0.05, 0.1) is 12.1 Å². The van der Waals surface area contributed by atoms with Crippen LogP contribution >= 0.6 is 0 Å². The first kappa shape index (κ1) is 13.8. The van der Waals surface area contributed by atoms with Crippen molar-refractivity contribution in [2.24, 2.45) is 0 Å². The molecule has 1 atom stereocenters. The number of nitrogen functional groups attached to an aromatic ring is 1. The number of nitrogens with two attached hydrogens (primary N) is 1. The van der Waals surface area contributed by atoms with Crippen LogP contribution in [0.2, 0.25) is 0 Å². The summed E-state index contributed by atoms with van der Waals surface area (Å²) in [5.74, 6) is -0.0672. The highest BCUT2D eigenvalue weighted by molar-refractivity contribution is 5.92. The van der Waals surface area contributed by atoms with Crippen LogP contribution in [0.3, 0.4) is 0 Å². The molecule has 1 amide bonds. The van der Waals surface area contributed by atoms with Crippen LogP contribution < -0.4 is 11.1 Å². The summed E-state index contributed by atoms with van der Waals surface area (Å²) < 4.78 is 0. The number of hydrogen-bond donors (Lipinski definition) is 3. The zero-order valence-electron chi connectivity index (χ0n) is 11.2. The number of amides is 1. The standard InChI is InChI=1S/C14H21N3O2/c1-14(19)7-2-8-17(10-14)9-13(18)16-12-5-3-11(15)4-6-12/h3-6,19H,2,7-10,15H2,1H3,(H,16,18). The van der Waals surface area contributed by atoms with Gasteiger partial charge in [0.1, 0.15) is 0 Å². The van der Waals surface area contributed by atoms with Gasteiger partial charge in [-0.2, -0.15) is 0 Å². The van der Waals surface area contributed by atoms with Gasteiger partial charge in [0.25, 0.3) is 0 Å². The number of carbonyl (C=O) groups excluding carboxylic acids is 1. The Morgan fingerprint density at radius 1 is 1.47 bits per heavy atom. The van der Waals surface area contributed by atoms with E-state index in [4.69, 9.17) is 5.73 Å². The topological polar surface area (TPSA) is 78.6 Å². The van der Waals surface area contributed by atoms with Gasteiger partial charge >= 0.3 is 0 Å². The third-order valence-corrected chi connectivity index (χ3v) is 3.32. The number of benzene rings is 1. The maximum Gasteiger partial charge on any atom is 0.238 e. The highest BCUT2D eigenvalue weighted by atomic mass is 16.3. The molecular weight excluding hydrogens is 242 g/mol. The molecule has 4 N–H and O–H groups in total. The van der Waals surface area contributed by atoms with Crippen molar-refractivity contribution in [1.82, 2.24) is 4.90 Å². The smallest absolute Gasteiger partial charge is 0.238 e. The van der Waals surface area contributed by atoms with Crippen LogP contribution in [0.1, 0.15) is 19.8 Å². The SMILES string of the molecule is CC1(O)CCCN(CC(=O)Nc2ccc(N)cc2)C1. The summed E-state index contributed by atoms with van der Waals surface area (Å²) in [6.45, 7) is 3.52. The summed E-state index contributed by atoms with van der Waals surface area (Å²) in [4.78, 5) is 13.9. The molecule has 5 nitrogen and oxygen atoms in total. The van der Waals surface area contributed by atoms with Crippen molar-refractivity contribution in [3.63, 3.8) is 0 Å². The minimum atomic E-state index is -0.681. The van der Waals surface area contributed by atoms with Gasteiger partial charge in [-0.25, -0.2) is 0 Å². The molecule has 19 heavy (non-hydrogen) atoms. The van der Waals surface area contributed by atoms with Gasteiger partial charge < -0.3 is 16.2 Å². The summed E-state index contributed by atoms with van der Waals surface area (Å²) in [6.07, 6.45) is 1.71. The lowest BCUT2D eigenvalue weighted by Crippen LogP contribution is -2.48. The van der Waals surface area contributed by atoms with Gasteiger partial charge in [-0.05, 0) is 50.6 Å². The number of nitrogens with one attached hydrogen (secondary N) is 1. The average Bonchev–Trinajstić information content (AvgIpc) is 2.30. The molecule has 0 aliphatic carbocycles. The fourth-order valence-electron chi connectivity index (χ4n) is 2.43. The van der Waals surface area contributed by atoms with Crippen LogP contribution in [-0.4, -0.2) is 41.1 Å². The van der Waals surface area contributed by atoms with Crippen molar-refractivity contribution >= 4 is 17.3 Å². The van der Waals surface area contributed by atoms with E-state index in [0.29, 0.717) is 18.8 Å². The average molecular weight is 263 g/mol. The zero-order valence-corrected chi connectivity index (χ0v) is 11.2. The first-order chi connectivity index (χ1) is 8.94. The summed E-state index contributed by atoms with van der Waals surface area (Å²) in [6, 6.07) is 7.06. The van der Waals surface area contributed by atoms with Crippen molar-refractivity contribution in [3.05, 3.63) is 24.3 Å². The van der Waals surface area contributed by atoms with Gasteiger partial charge in [-0.15, -0.1) is 0 Å². The largest absolute Gasteiger partial charge is 0.399 e. The normalized spacial score (nSPS) is 24.1. The van der Waals surface area contributed by atoms with Gasteiger partial charge in [0.2, 0.25) is 5.91 Å². The molecule has 1 unspecified atom stereocenters. The molecule has 1 saturated heterocycles. The first-order valence-electron chi connectivity index (χ1n) is 6.55. The number of likely N-dealkylation sites (tertiary alicyclic amines) is 1. The minimum absolute atomic E-state index is 0.0672. The predicted molar refractivity (Wildman–Crippen MR) is 75.8 cm³/mol. The minimum Gasteiger partial charge on any atom is -0.399 e. The molecule has 1 fully saturated rings. The molecule has 1 aliphatic rings. The van der Waals surface area contributed by atoms with Gasteiger partial charge in [0, 0.05) is 17.9 Å². The molecule has 1 aliphatic heterocycles. The Balaban J connectivity index is 1.85. The van der Waals surface area contributed by atoms with Gasteiger partial charge in [-0.3, -0.25) is 9.69 Å². The summed E-state index contributed by atoms with van der Waals surface area (Å²) in [5.41, 5.74) is 6.32. The molecule has 0 radical (unpaired) electrons. The Bertz CT molecular complexity index is 443. The molecule has 0 spiro atoms. The van der Waals surface area contributed by atoms with Crippen molar-refractivity contribution in [1.29, 1.82) is 0 Å². The predicted octanol–water partition coefficient (Wildman–Crippen LogP) is 1.05. The maximum absolute atomic E-state index is 11.9. The third kappa shape index (κ3) is 4.22. The molecule has 0 bridgehead atoms. The summed E-state index contributed by atoms with van der Waals surface area (Å²) >= 11 is 0. The van der Waals surface area contributed by atoms with E-state index < -0.39 is 5.60 Å².